The summed E-state index contributed by atoms with van der Waals surface area (Å²) >= 11 is 1.53. The first kappa shape index (κ1) is 13.3. The van der Waals surface area contributed by atoms with Gasteiger partial charge in [0.1, 0.15) is 11.3 Å². The fourth-order valence-electron chi connectivity index (χ4n) is 3.21. The molecule has 1 aromatic heterocycles. The molecule has 0 bridgehead atoms. The highest BCUT2D eigenvalue weighted by atomic mass is 32.2. The second kappa shape index (κ2) is 5.09. The van der Waals surface area contributed by atoms with E-state index in [2.05, 4.69) is 0 Å². The Balaban J connectivity index is 1.72. The van der Waals surface area contributed by atoms with Gasteiger partial charge in [0, 0.05) is 5.75 Å². The van der Waals surface area contributed by atoms with E-state index in [0.717, 1.165) is 47.4 Å². The molecule has 1 N–H and O–H groups in total. The highest BCUT2D eigenvalue weighted by Crippen LogP contribution is 2.39. The molecule has 0 saturated heterocycles. The number of aryl methyl sites for hydroxylation is 2. The lowest BCUT2D eigenvalue weighted by Gasteiger charge is -2.08. The summed E-state index contributed by atoms with van der Waals surface area (Å²) in [5.74, 6) is 2.08. The van der Waals surface area contributed by atoms with Crippen LogP contribution in [0.2, 0.25) is 0 Å². The van der Waals surface area contributed by atoms with E-state index in [-0.39, 0.29) is 11.4 Å². The van der Waals surface area contributed by atoms with Crippen molar-refractivity contribution in [1.29, 1.82) is 0 Å². The zero-order valence-corrected chi connectivity index (χ0v) is 12.7. The first-order valence-corrected chi connectivity index (χ1v) is 8.65. The van der Waals surface area contributed by atoms with Crippen molar-refractivity contribution < 1.29 is 9.52 Å². The molecule has 3 nitrogen and oxygen atoms in total. The number of phenolic OH excluding ortho intramolecular Hbond substituents is 1. The Kier molecular flexibility index (Phi) is 3.21. The van der Waals surface area contributed by atoms with Crippen molar-refractivity contribution in [1.82, 2.24) is 0 Å². The van der Waals surface area contributed by atoms with Crippen LogP contribution in [0.25, 0.3) is 11.0 Å². The maximum Gasteiger partial charge on any atom is 0.350 e. The molecule has 1 aromatic carbocycles. The van der Waals surface area contributed by atoms with Crippen LogP contribution in [0.4, 0.5) is 0 Å². The van der Waals surface area contributed by atoms with E-state index in [1.165, 1.54) is 31.0 Å². The molecule has 1 aliphatic heterocycles. The molecular formula is C17H18O3S. The van der Waals surface area contributed by atoms with E-state index in [4.69, 9.17) is 4.42 Å². The van der Waals surface area contributed by atoms with Crippen LogP contribution < -0.4 is 5.63 Å². The first-order chi connectivity index (χ1) is 10.2. The van der Waals surface area contributed by atoms with Gasteiger partial charge in [0.15, 0.2) is 0 Å². The molecule has 0 amide bonds. The fourth-order valence-corrected chi connectivity index (χ4v) is 4.26. The van der Waals surface area contributed by atoms with Crippen molar-refractivity contribution >= 4 is 22.7 Å². The van der Waals surface area contributed by atoms with Crippen molar-refractivity contribution in [2.24, 2.45) is 5.92 Å². The van der Waals surface area contributed by atoms with E-state index < -0.39 is 0 Å². The Bertz CT molecular complexity index is 759. The van der Waals surface area contributed by atoms with E-state index in [9.17, 15) is 9.90 Å². The lowest BCUT2D eigenvalue weighted by Crippen LogP contribution is -2.03. The van der Waals surface area contributed by atoms with Gasteiger partial charge in [-0.2, -0.15) is 0 Å². The van der Waals surface area contributed by atoms with E-state index >= 15 is 0 Å². The Labute approximate surface area is 127 Å². The molecule has 21 heavy (non-hydrogen) atoms. The van der Waals surface area contributed by atoms with Crippen LogP contribution in [0, 0.1) is 5.92 Å². The van der Waals surface area contributed by atoms with Crippen LogP contribution in [0.1, 0.15) is 36.8 Å². The van der Waals surface area contributed by atoms with Gasteiger partial charge in [0.2, 0.25) is 0 Å². The zero-order chi connectivity index (χ0) is 14.4. The normalized spacial score (nSPS) is 17.3. The van der Waals surface area contributed by atoms with Gasteiger partial charge >= 0.3 is 5.63 Å². The average molecular weight is 302 g/mol. The summed E-state index contributed by atoms with van der Waals surface area (Å²) < 4.78 is 5.43. The number of rotatable bonds is 4. The smallest absolute Gasteiger partial charge is 0.350 e. The van der Waals surface area contributed by atoms with Crippen LogP contribution >= 0.6 is 11.8 Å². The summed E-state index contributed by atoms with van der Waals surface area (Å²) in [5, 5.41) is 11.1. The summed E-state index contributed by atoms with van der Waals surface area (Å²) in [6.45, 7) is 0. The van der Waals surface area contributed by atoms with Gasteiger partial charge in [0.05, 0.1) is 10.3 Å². The number of phenols is 1. The van der Waals surface area contributed by atoms with Gasteiger partial charge in [-0.3, -0.25) is 0 Å². The number of fused-ring (bicyclic) bond motifs is 3. The third-order valence-electron chi connectivity index (χ3n) is 4.48. The minimum atomic E-state index is -0.255. The van der Waals surface area contributed by atoms with Crippen LogP contribution in [0.3, 0.4) is 0 Å². The molecule has 1 aliphatic carbocycles. The molecule has 4 heteroatoms. The minimum Gasteiger partial charge on any atom is -0.507 e. The maximum atomic E-state index is 12.0. The molecular weight excluding hydrogens is 284 g/mol. The highest BCUT2D eigenvalue weighted by molar-refractivity contribution is 7.99. The molecule has 2 aromatic rings. The van der Waals surface area contributed by atoms with Crippen LogP contribution in [-0.2, 0) is 12.8 Å². The zero-order valence-electron chi connectivity index (χ0n) is 11.9. The Morgan fingerprint density at radius 3 is 3.00 bits per heavy atom. The van der Waals surface area contributed by atoms with Gasteiger partial charge in [-0.05, 0) is 48.4 Å². The topological polar surface area (TPSA) is 50.4 Å². The highest BCUT2D eigenvalue weighted by Gasteiger charge is 2.23. The summed E-state index contributed by atoms with van der Waals surface area (Å²) in [6.07, 6.45) is 6.93. The van der Waals surface area contributed by atoms with Crippen LogP contribution in [0.5, 0.6) is 5.75 Å². The second-order valence-electron chi connectivity index (χ2n) is 6.12. The van der Waals surface area contributed by atoms with Gasteiger partial charge in [-0.1, -0.05) is 19.3 Å². The average Bonchev–Trinajstić information content (AvgIpc) is 3.13. The molecule has 110 valence electrons. The SMILES string of the molecule is O=c1oc2cc(CCCC3CC3)cc(O)c2c2c1SCC2. The van der Waals surface area contributed by atoms with Crippen molar-refractivity contribution in [3.63, 3.8) is 0 Å². The summed E-state index contributed by atoms with van der Waals surface area (Å²) in [4.78, 5) is 12.7. The lowest BCUT2D eigenvalue weighted by atomic mass is 10.0. The second-order valence-corrected chi connectivity index (χ2v) is 7.22. The Morgan fingerprint density at radius 2 is 2.19 bits per heavy atom. The minimum absolute atomic E-state index is 0.255. The van der Waals surface area contributed by atoms with Crippen molar-refractivity contribution in [3.05, 3.63) is 33.7 Å². The van der Waals surface area contributed by atoms with Crippen molar-refractivity contribution in [2.45, 2.75) is 43.4 Å². The maximum absolute atomic E-state index is 12.0. The van der Waals surface area contributed by atoms with E-state index in [0.29, 0.717) is 10.5 Å². The fraction of sp³-hybridized carbons (Fsp3) is 0.471. The summed E-state index contributed by atoms with van der Waals surface area (Å²) in [5.41, 5.74) is 2.32. The molecule has 0 radical (unpaired) electrons. The third kappa shape index (κ3) is 2.46. The Morgan fingerprint density at radius 1 is 1.33 bits per heavy atom. The molecule has 2 aliphatic rings. The Hall–Kier alpha value is -1.42. The molecule has 0 spiro atoms. The van der Waals surface area contributed by atoms with Gasteiger partial charge in [0.25, 0.3) is 0 Å². The van der Waals surface area contributed by atoms with Crippen molar-refractivity contribution in [2.75, 3.05) is 5.75 Å². The van der Waals surface area contributed by atoms with Crippen LogP contribution in [-0.4, -0.2) is 10.9 Å². The number of benzene rings is 1. The molecule has 0 unspecified atom stereocenters. The van der Waals surface area contributed by atoms with Crippen molar-refractivity contribution in [3.8, 4) is 5.75 Å². The van der Waals surface area contributed by atoms with Gasteiger partial charge < -0.3 is 9.52 Å². The molecule has 2 heterocycles. The van der Waals surface area contributed by atoms with Gasteiger partial charge in [-0.25, -0.2) is 4.79 Å². The molecule has 1 saturated carbocycles. The number of thioether (sulfide) groups is 1. The predicted molar refractivity (Wildman–Crippen MR) is 84.2 cm³/mol. The quantitative estimate of drug-likeness (QED) is 0.871. The summed E-state index contributed by atoms with van der Waals surface area (Å²) in [6, 6.07) is 3.78. The first-order valence-electron chi connectivity index (χ1n) is 7.67. The molecule has 0 atom stereocenters. The number of hydrogen-bond donors (Lipinski definition) is 1. The monoisotopic (exact) mass is 302 g/mol. The molecule has 1 fully saturated rings. The number of hydrogen-bond acceptors (Lipinski definition) is 4. The van der Waals surface area contributed by atoms with Crippen LogP contribution in [0.15, 0.2) is 26.2 Å². The summed E-state index contributed by atoms with van der Waals surface area (Å²) in [7, 11) is 0. The number of aromatic hydroxyl groups is 1. The van der Waals surface area contributed by atoms with E-state index in [1.807, 2.05) is 12.1 Å². The standard InChI is InChI=1S/C17H18O3S/c18-13-8-11(3-1-2-10-4-5-10)9-14-15(13)12-6-7-21-16(12)17(19)20-14/h8-10,18H,1-7H2. The molecule has 4 rings (SSSR count). The third-order valence-corrected chi connectivity index (χ3v) is 5.59. The predicted octanol–water partition coefficient (Wildman–Crippen LogP) is 3.88. The largest absolute Gasteiger partial charge is 0.507 e. The van der Waals surface area contributed by atoms with Gasteiger partial charge in [-0.15, -0.1) is 11.8 Å². The lowest BCUT2D eigenvalue weighted by molar-refractivity contribution is 0.476. The van der Waals surface area contributed by atoms with E-state index in [1.54, 1.807) is 0 Å².